The molecule has 2 aliphatic carbocycles. The summed E-state index contributed by atoms with van der Waals surface area (Å²) in [5.41, 5.74) is 3.60. The number of aromatic nitrogens is 1. The minimum absolute atomic E-state index is 0.0300. The van der Waals surface area contributed by atoms with Gasteiger partial charge in [0.15, 0.2) is 5.78 Å². The highest BCUT2D eigenvalue weighted by Crippen LogP contribution is 2.54. The number of hydrogen-bond acceptors (Lipinski definition) is 2. The van der Waals surface area contributed by atoms with Crippen LogP contribution in [0.4, 0.5) is 0 Å². The first kappa shape index (κ1) is 16.7. The molecule has 2 aliphatic rings. The number of hydrogen-bond donors (Lipinski definition) is 0. The van der Waals surface area contributed by atoms with Crippen molar-refractivity contribution < 1.29 is 4.79 Å². The Kier molecular flexibility index (Phi) is 3.63. The van der Waals surface area contributed by atoms with Crippen molar-refractivity contribution in [1.29, 1.82) is 0 Å². The van der Waals surface area contributed by atoms with Crippen molar-refractivity contribution in [2.24, 2.45) is 11.3 Å². The number of pyridine rings is 1. The van der Waals surface area contributed by atoms with E-state index < -0.39 is 10.8 Å². The number of aryl methyl sites for hydroxylation is 1. The smallest absolute Gasteiger partial charge is 0.226 e. The normalized spacial score (nSPS) is 26.3. The zero-order valence-corrected chi connectivity index (χ0v) is 15.4. The minimum Gasteiger partial charge on any atom is -0.307 e. The summed E-state index contributed by atoms with van der Waals surface area (Å²) in [5.74, 6) is 0.122. The van der Waals surface area contributed by atoms with Crippen molar-refractivity contribution >= 4 is 5.78 Å². The van der Waals surface area contributed by atoms with E-state index in [1.54, 1.807) is 0 Å². The highest BCUT2D eigenvalue weighted by molar-refractivity contribution is 6.02. The molecule has 1 heterocycles. The maximum absolute atomic E-state index is 12.8. The first-order valence-corrected chi connectivity index (χ1v) is 9.09. The van der Waals surface area contributed by atoms with Crippen LogP contribution >= 0.6 is 0 Å². The fraction of sp³-hybridized carbons (Fsp3) is 0.348. The Morgan fingerprint density at radius 1 is 1.12 bits per heavy atom. The number of Topliss-reactive ketones (excluding diaryl/α,β-unsaturated/α-hetero) is 1. The largest absolute Gasteiger partial charge is 0.307 e. The van der Waals surface area contributed by atoms with Crippen LogP contribution in [0.1, 0.15) is 38.4 Å². The summed E-state index contributed by atoms with van der Waals surface area (Å²) in [6.07, 6.45) is 3.75. The van der Waals surface area contributed by atoms with Crippen molar-refractivity contribution in [2.45, 2.75) is 39.0 Å². The van der Waals surface area contributed by atoms with E-state index in [0.717, 1.165) is 29.8 Å². The summed E-state index contributed by atoms with van der Waals surface area (Å²) in [4.78, 5) is 21.4. The molecule has 3 heteroatoms. The second-order valence-corrected chi connectivity index (χ2v) is 8.14. The Labute approximate surface area is 154 Å². The van der Waals surface area contributed by atoms with Gasteiger partial charge in [0.1, 0.15) is 0 Å². The molecule has 0 spiro atoms. The fourth-order valence-electron chi connectivity index (χ4n) is 4.89. The first-order chi connectivity index (χ1) is 12.4. The van der Waals surface area contributed by atoms with Gasteiger partial charge in [-0.05, 0) is 30.4 Å². The number of allylic oxidation sites excluding steroid dienone is 2. The molecule has 1 aromatic heterocycles. The summed E-state index contributed by atoms with van der Waals surface area (Å²) in [6, 6.07) is 14.4. The van der Waals surface area contributed by atoms with Crippen LogP contribution in [0.2, 0.25) is 0 Å². The minimum atomic E-state index is -0.550. The lowest BCUT2D eigenvalue weighted by Gasteiger charge is -2.50. The monoisotopic (exact) mass is 342 g/mol. The van der Waals surface area contributed by atoms with Crippen LogP contribution in [0.25, 0.3) is 16.1 Å². The molecule has 130 valence electrons. The van der Waals surface area contributed by atoms with Gasteiger partial charge < -0.3 is 4.79 Å². The number of fused-ring (bicyclic) bond motifs is 3. The van der Waals surface area contributed by atoms with E-state index in [1.807, 2.05) is 38.1 Å². The number of carbonyl (C=O) groups excluding carboxylic acids is 1. The highest BCUT2D eigenvalue weighted by atomic mass is 16.1. The zero-order valence-electron chi connectivity index (χ0n) is 15.4. The number of nitrogens with zero attached hydrogens (tertiary/aromatic N) is 2. The summed E-state index contributed by atoms with van der Waals surface area (Å²) >= 11 is 0. The topological polar surface area (TPSA) is 34.3 Å². The number of carbonyl (C=O) groups is 1. The van der Waals surface area contributed by atoms with Crippen LogP contribution in [-0.4, -0.2) is 10.8 Å². The average molecular weight is 342 g/mol. The molecule has 0 unspecified atom stereocenters. The second kappa shape index (κ2) is 5.64. The Balaban J connectivity index is 1.94. The van der Waals surface area contributed by atoms with Gasteiger partial charge in [0.25, 0.3) is 0 Å². The molecular weight excluding hydrogens is 320 g/mol. The van der Waals surface area contributed by atoms with E-state index in [2.05, 4.69) is 36.0 Å². The lowest BCUT2D eigenvalue weighted by molar-refractivity contribution is -0.128. The molecule has 0 aliphatic heterocycles. The van der Waals surface area contributed by atoms with E-state index in [-0.39, 0.29) is 17.4 Å². The zero-order chi connectivity index (χ0) is 18.5. The van der Waals surface area contributed by atoms with Crippen molar-refractivity contribution in [1.82, 2.24) is 4.98 Å². The molecular formula is C23H22N2O. The number of benzene rings is 1. The van der Waals surface area contributed by atoms with E-state index in [1.165, 1.54) is 5.56 Å². The van der Waals surface area contributed by atoms with Gasteiger partial charge >= 0.3 is 0 Å². The third-order valence-corrected chi connectivity index (χ3v) is 6.23. The molecule has 1 aromatic carbocycles. The van der Waals surface area contributed by atoms with E-state index >= 15 is 0 Å². The van der Waals surface area contributed by atoms with E-state index in [0.29, 0.717) is 0 Å². The third-order valence-electron chi connectivity index (χ3n) is 6.23. The first-order valence-electron chi connectivity index (χ1n) is 9.09. The molecule has 2 aromatic rings. The predicted molar refractivity (Wildman–Crippen MR) is 102 cm³/mol. The molecule has 0 saturated carbocycles. The maximum Gasteiger partial charge on any atom is 0.226 e. The molecule has 4 rings (SSSR count). The van der Waals surface area contributed by atoms with Gasteiger partial charge in [-0.3, -0.25) is 4.98 Å². The summed E-state index contributed by atoms with van der Waals surface area (Å²) < 4.78 is 0. The van der Waals surface area contributed by atoms with Crippen LogP contribution in [0.15, 0.2) is 54.2 Å². The number of rotatable bonds is 1. The van der Waals surface area contributed by atoms with Crippen molar-refractivity contribution in [3.63, 3.8) is 0 Å². The van der Waals surface area contributed by atoms with Crippen molar-refractivity contribution in [2.75, 3.05) is 0 Å². The SMILES string of the molecule is [C-]#[N+]C1=C[C@]2(C)c3nc(-c4ccccc4)ccc3CC[C@H]2C(C)(C)C1=O. The average Bonchev–Trinajstić information content (AvgIpc) is 2.65. The van der Waals surface area contributed by atoms with Crippen LogP contribution in [0, 0.1) is 17.9 Å². The van der Waals surface area contributed by atoms with Crippen LogP contribution < -0.4 is 0 Å². The van der Waals surface area contributed by atoms with Gasteiger partial charge in [0, 0.05) is 16.4 Å². The van der Waals surface area contributed by atoms with Crippen LogP contribution in [-0.2, 0) is 16.6 Å². The van der Waals surface area contributed by atoms with Crippen LogP contribution in [0.3, 0.4) is 0 Å². The van der Waals surface area contributed by atoms with Gasteiger partial charge in [-0.15, -0.1) is 0 Å². The van der Waals surface area contributed by atoms with Gasteiger partial charge in [-0.2, -0.15) is 0 Å². The van der Waals surface area contributed by atoms with Crippen LogP contribution in [0.5, 0.6) is 0 Å². The third kappa shape index (κ3) is 2.25. The van der Waals surface area contributed by atoms with Gasteiger partial charge in [0.2, 0.25) is 5.70 Å². The molecule has 0 bridgehead atoms. The summed E-state index contributed by atoms with van der Waals surface area (Å²) in [6.45, 7) is 13.6. The highest BCUT2D eigenvalue weighted by Gasteiger charge is 2.54. The predicted octanol–water partition coefficient (Wildman–Crippen LogP) is 4.98. The molecule has 0 fully saturated rings. The Bertz CT molecular complexity index is 965. The lowest BCUT2D eigenvalue weighted by atomic mass is 9.53. The molecule has 0 saturated heterocycles. The maximum atomic E-state index is 12.8. The Hall–Kier alpha value is -2.73. The van der Waals surface area contributed by atoms with E-state index in [4.69, 9.17) is 11.6 Å². The Morgan fingerprint density at radius 2 is 1.85 bits per heavy atom. The Morgan fingerprint density at radius 3 is 2.54 bits per heavy atom. The molecule has 0 N–H and O–H groups in total. The molecule has 0 amide bonds. The lowest BCUT2D eigenvalue weighted by Crippen LogP contribution is -2.51. The van der Waals surface area contributed by atoms with Crippen molar-refractivity contribution in [3.8, 4) is 11.3 Å². The second-order valence-electron chi connectivity index (χ2n) is 8.14. The molecule has 26 heavy (non-hydrogen) atoms. The van der Waals surface area contributed by atoms with Gasteiger partial charge in [0.05, 0.1) is 18.0 Å². The molecule has 0 radical (unpaired) electrons. The molecule has 2 atom stereocenters. The van der Waals surface area contributed by atoms with Gasteiger partial charge in [-0.25, -0.2) is 4.85 Å². The standard InChI is InChI=1S/C23H22N2O/c1-22(2)19-13-11-16-10-12-17(15-8-6-5-7-9-15)25-20(16)23(19,3)14-18(24-4)21(22)26/h5-10,12,14,19H,11,13H2,1-3H3/t19-,23-/m0/s1. The summed E-state index contributed by atoms with van der Waals surface area (Å²) in [5, 5.41) is 0. The summed E-state index contributed by atoms with van der Waals surface area (Å²) in [7, 11) is 0. The number of ketones is 1. The fourth-order valence-corrected chi connectivity index (χ4v) is 4.89. The van der Waals surface area contributed by atoms with Gasteiger partial charge in [-0.1, -0.05) is 63.2 Å². The van der Waals surface area contributed by atoms with E-state index in [9.17, 15) is 4.79 Å². The molecule has 3 nitrogen and oxygen atoms in total. The quantitative estimate of drug-likeness (QED) is 0.685. The van der Waals surface area contributed by atoms with Crippen molar-refractivity contribution in [3.05, 3.63) is 76.9 Å².